The molecule has 5 nitrogen and oxygen atoms in total. The van der Waals surface area contributed by atoms with Crippen molar-refractivity contribution in [1.82, 2.24) is 9.80 Å². The molecule has 1 aromatic carbocycles. The van der Waals surface area contributed by atoms with Crippen molar-refractivity contribution in [2.24, 2.45) is 5.73 Å². The van der Waals surface area contributed by atoms with Crippen molar-refractivity contribution in [2.45, 2.75) is 25.0 Å². The van der Waals surface area contributed by atoms with E-state index in [1.54, 1.807) is 25.4 Å². The molecule has 1 unspecified atom stereocenters. The standard InChI is InChI=1S/C18H22BrN3O2/c1-24-18(21-10-3-2-4-11-21)9-12-22(16(20)13-18)17(23)14-5-7-15(19)8-6-14/h5-9,12-13H,2-4,10-11,20H2,1H3. The Morgan fingerprint density at radius 3 is 2.46 bits per heavy atom. The monoisotopic (exact) mass is 391 g/mol. The highest BCUT2D eigenvalue weighted by Gasteiger charge is 2.37. The number of rotatable bonds is 3. The van der Waals surface area contributed by atoms with Crippen molar-refractivity contribution in [3.8, 4) is 0 Å². The number of methoxy groups -OCH3 is 1. The van der Waals surface area contributed by atoms with Crippen molar-refractivity contribution in [3.63, 3.8) is 0 Å². The number of hydrogen-bond donors (Lipinski definition) is 1. The highest BCUT2D eigenvalue weighted by Crippen LogP contribution is 2.30. The van der Waals surface area contributed by atoms with Crippen molar-refractivity contribution in [2.75, 3.05) is 20.2 Å². The van der Waals surface area contributed by atoms with Gasteiger partial charge in [-0.05, 0) is 43.2 Å². The van der Waals surface area contributed by atoms with Gasteiger partial charge in [-0.25, -0.2) is 0 Å². The van der Waals surface area contributed by atoms with E-state index in [4.69, 9.17) is 10.5 Å². The van der Waals surface area contributed by atoms with Crippen LogP contribution in [0.5, 0.6) is 0 Å². The lowest BCUT2D eigenvalue weighted by atomic mass is 10.0. The van der Waals surface area contributed by atoms with Gasteiger partial charge in [0, 0.05) is 42.5 Å². The third-order valence-electron chi connectivity index (χ3n) is 4.58. The quantitative estimate of drug-likeness (QED) is 0.859. The molecule has 3 rings (SSSR count). The molecule has 2 aliphatic heterocycles. The number of nitrogens with two attached hydrogens (primary N) is 1. The number of carbonyl (C=O) groups is 1. The lowest BCUT2D eigenvalue weighted by Gasteiger charge is -2.43. The summed E-state index contributed by atoms with van der Waals surface area (Å²) in [6, 6.07) is 7.23. The van der Waals surface area contributed by atoms with Crippen molar-refractivity contribution in [3.05, 3.63) is 58.5 Å². The number of ether oxygens (including phenoxy) is 1. The van der Waals surface area contributed by atoms with Crippen LogP contribution in [0.4, 0.5) is 0 Å². The fourth-order valence-corrected chi connectivity index (χ4v) is 3.47. The molecular weight excluding hydrogens is 370 g/mol. The lowest BCUT2D eigenvalue weighted by molar-refractivity contribution is -0.0733. The van der Waals surface area contributed by atoms with Gasteiger partial charge in [0.1, 0.15) is 5.82 Å². The van der Waals surface area contributed by atoms with Gasteiger partial charge in [-0.3, -0.25) is 14.6 Å². The fourth-order valence-electron chi connectivity index (χ4n) is 3.21. The van der Waals surface area contributed by atoms with Gasteiger partial charge in [0.2, 0.25) is 0 Å². The lowest BCUT2D eigenvalue weighted by Crippen LogP contribution is -2.52. The van der Waals surface area contributed by atoms with Crippen molar-refractivity contribution >= 4 is 21.8 Å². The van der Waals surface area contributed by atoms with Crippen molar-refractivity contribution < 1.29 is 9.53 Å². The molecule has 0 radical (unpaired) electrons. The SMILES string of the molecule is COC1(N2CCCCC2)C=CN(C(=O)c2ccc(Br)cc2)C(N)=C1. The molecule has 2 N–H and O–H groups in total. The first-order valence-electron chi connectivity index (χ1n) is 8.13. The summed E-state index contributed by atoms with van der Waals surface area (Å²) in [6.07, 6.45) is 8.99. The molecule has 1 saturated heterocycles. The molecule has 0 bridgehead atoms. The summed E-state index contributed by atoms with van der Waals surface area (Å²) in [5.41, 5.74) is 6.12. The summed E-state index contributed by atoms with van der Waals surface area (Å²) >= 11 is 3.37. The van der Waals surface area contributed by atoms with Gasteiger partial charge in [-0.15, -0.1) is 0 Å². The predicted molar refractivity (Wildman–Crippen MR) is 96.9 cm³/mol. The maximum atomic E-state index is 12.7. The Morgan fingerprint density at radius 2 is 1.88 bits per heavy atom. The number of benzene rings is 1. The smallest absolute Gasteiger partial charge is 0.263 e. The van der Waals surface area contributed by atoms with Crippen LogP contribution in [-0.2, 0) is 4.74 Å². The summed E-state index contributed by atoms with van der Waals surface area (Å²) in [4.78, 5) is 16.4. The van der Waals surface area contributed by atoms with Crippen LogP contribution in [0.2, 0.25) is 0 Å². The number of piperidine rings is 1. The zero-order chi connectivity index (χ0) is 17.2. The molecule has 1 amide bonds. The predicted octanol–water partition coefficient (Wildman–Crippen LogP) is 3.05. The molecule has 2 heterocycles. The van der Waals surface area contributed by atoms with Crippen molar-refractivity contribution in [1.29, 1.82) is 0 Å². The van der Waals surface area contributed by atoms with Crippen LogP contribution < -0.4 is 5.73 Å². The highest BCUT2D eigenvalue weighted by atomic mass is 79.9. The Balaban J connectivity index is 1.83. The first kappa shape index (κ1) is 17.2. The van der Waals surface area contributed by atoms with E-state index in [-0.39, 0.29) is 5.91 Å². The summed E-state index contributed by atoms with van der Waals surface area (Å²) in [5.74, 6) is 0.230. The van der Waals surface area contributed by atoms with E-state index in [9.17, 15) is 4.79 Å². The molecule has 1 aromatic rings. The summed E-state index contributed by atoms with van der Waals surface area (Å²) in [6.45, 7) is 1.92. The maximum absolute atomic E-state index is 12.7. The average molecular weight is 392 g/mol. The van der Waals surface area contributed by atoms with Gasteiger partial charge in [0.05, 0.1) is 0 Å². The first-order valence-corrected chi connectivity index (χ1v) is 8.92. The Labute approximate surface area is 150 Å². The van der Waals surface area contributed by atoms with Crippen LogP contribution in [0.25, 0.3) is 0 Å². The summed E-state index contributed by atoms with van der Waals surface area (Å²) < 4.78 is 6.71. The van der Waals surface area contributed by atoms with E-state index in [2.05, 4.69) is 20.8 Å². The maximum Gasteiger partial charge on any atom is 0.263 e. The Morgan fingerprint density at radius 1 is 1.21 bits per heavy atom. The largest absolute Gasteiger partial charge is 0.385 e. The Hall–Kier alpha value is -1.63. The molecule has 6 heteroatoms. The van der Waals surface area contributed by atoms with Gasteiger partial charge in [-0.1, -0.05) is 22.4 Å². The number of hydrogen-bond acceptors (Lipinski definition) is 4. The molecule has 0 saturated carbocycles. The number of halogens is 1. The molecule has 1 atom stereocenters. The summed E-state index contributed by atoms with van der Waals surface area (Å²) in [7, 11) is 1.68. The zero-order valence-electron chi connectivity index (χ0n) is 13.7. The van der Waals surface area contributed by atoms with E-state index in [0.29, 0.717) is 11.4 Å². The van der Waals surface area contributed by atoms with E-state index >= 15 is 0 Å². The van der Waals surface area contributed by atoms with Crippen LogP contribution in [0, 0.1) is 0 Å². The van der Waals surface area contributed by atoms with Gasteiger partial charge >= 0.3 is 0 Å². The van der Waals surface area contributed by atoms with Gasteiger partial charge < -0.3 is 10.5 Å². The van der Waals surface area contributed by atoms with Crippen LogP contribution in [-0.4, -0.2) is 41.6 Å². The normalized spacial score (nSPS) is 24.8. The number of likely N-dealkylation sites (tertiary alicyclic amines) is 1. The minimum atomic E-state index is -0.666. The Kier molecular flexibility index (Phi) is 5.08. The average Bonchev–Trinajstić information content (AvgIpc) is 2.62. The molecule has 24 heavy (non-hydrogen) atoms. The zero-order valence-corrected chi connectivity index (χ0v) is 15.3. The molecule has 1 fully saturated rings. The molecule has 2 aliphatic rings. The highest BCUT2D eigenvalue weighted by molar-refractivity contribution is 9.10. The fraction of sp³-hybridized carbons (Fsp3) is 0.389. The van der Waals surface area contributed by atoms with Gasteiger partial charge in [-0.2, -0.15) is 0 Å². The molecule has 0 spiro atoms. The third kappa shape index (κ3) is 3.27. The number of carbonyl (C=O) groups excluding carboxylic acids is 1. The van der Waals surface area contributed by atoms with Crippen LogP contribution in [0.15, 0.2) is 52.9 Å². The Bertz CT molecular complexity index is 665. The molecule has 0 aromatic heterocycles. The van der Waals surface area contributed by atoms with E-state index in [1.165, 1.54) is 11.3 Å². The molecular formula is C18H22BrN3O2. The second kappa shape index (κ2) is 7.09. The molecule has 128 valence electrons. The second-order valence-corrected chi connectivity index (χ2v) is 6.99. The van der Waals surface area contributed by atoms with Gasteiger partial charge in [0.25, 0.3) is 5.91 Å². The van der Waals surface area contributed by atoms with Crippen LogP contribution in [0.1, 0.15) is 29.6 Å². The summed E-state index contributed by atoms with van der Waals surface area (Å²) in [5, 5.41) is 0. The third-order valence-corrected chi connectivity index (χ3v) is 5.11. The van der Waals surface area contributed by atoms with E-state index in [1.807, 2.05) is 24.3 Å². The minimum absolute atomic E-state index is 0.157. The first-order chi connectivity index (χ1) is 11.6. The van der Waals surface area contributed by atoms with Gasteiger partial charge in [0.15, 0.2) is 5.72 Å². The number of amides is 1. The van der Waals surface area contributed by atoms with Crippen LogP contribution in [0.3, 0.4) is 0 Å². The number of nitrogens with zero attached hydrogens (tertiary/aromatic N) is 2. The minimum Gasteiger partial charge on any atom is -0.385 e. The van der Waals surface area contributed by atoms with E-state index in [0.717, 1.165) is 30.4 Å². The van der Waals surface area contributed by atoms with E-state index < -0.39 is 5.72 Å². The van der Waals surface area contributed by atoms with Crippen LogP contribution >= 0.6 is 15.9 Å². The topological polar surface area (TPSA) is 58.8 Å². The molecule has 0 aliphatic carbocycles. The second-order valence-electron chi connectivity index (χ2n) is 6.07.